The summed E-state index contributed by atoms with van der Waals surface area (Å²) >= 11 is 1.22. The number of thiazole rings is 1. The minimum atomic E-state index is -0.637. The van der Waals surface area contributed by atoms with Crippen LogP contribution < -0.4 is 15.7 Å². The summed E-state index contributed by atoms with van der Waals surface area (Å²) in [5.74, 6) is -0.160. The van der Waals surface area contributed by atoms with Gasteiger partial charge in [-0.2, -0.15) is 5.10 Å². The number of benzene rings is 1. The number of hydrogen-bond donors (Lipinski definition) is 2. The van der Waals surface area contributed by atoms with Gasteiger partial charge in [0.2, 0.25) is 10.8 Å². The fourth-order valence-corrected chi connectivity index (χ4v) is 2.99. The highest BCUT2D eigenvalue weighted by Crippen LogP contribution is 2.21. The minimum absolute atomic E-state index is 0.212. The Balaban J connectivity index is 1.54. The summed E-state index contributed by atoms with van der Waals surface area (Å²) in [5, 5.41) is 19.1. The second-order valence-corrected chi connectivity index (χ2v) is 6.20. The van der Waals surface area contributed by atoms with Crippen molar-refractivity contribution >= 4 is 28.6 Å². The first-order chi connectivity index (χ1) is 13.6. The molecular formula is C16H11N6O5S+. The average molecular weight is 399 g/mol. The molecule has 0 aliphatic rings. The molecule has 4 aromatic rings. The molecule has 140 valence electrons. The number of nitro groups is 1. The standard InChI is InChI=1S/C16H10N6O5S/c23-15-14(21(20-27-15)10-4-2-1-3-5-10)12-9-28-16(18-12)19-17-8-11-6-7-13(26-11)22(24)25/h1-9H,(H-,18,19,20,23)/p+1/b17-8+. The van der Waals surface area contributed by atoms with Crippen molar-refractivity contribution in [1.82, 2.24) is 10.3 Å². The number of para-hydroxylation sites is 1. The molecule has 1 aromatic carbocycles. The maximum absolute atomic E-state index is 12.1. The highest BCUT2D eigenvalue weighted by atomic mass is 32.1. The van der Waals surface area contributed by atoms with Crippen molar-refractivity contribution in [2.24, 2.45) is 5.10 Å². The van der Waals surface area contributed by atoms with Crippen LogP contribution >= 0.6 is 11.3 Å². The number of aromatic amines is 1. The third-order valence-corrected chi connectivity index (χ3v) is 4.30. The zero-order valence-corrected chi connectivity index (χ0v) is 14.8. The topological polar surface area (TPSA) is 143 Å². The largest absolute Gasteiger partial charge is 0.437 e. The highest BCUT2D eigenvalue weighted by molar-refractivity contribution is 7.14. The summed E-state index contributed by atoms with van der Waals surface area (Å²) in [5.41, 5.74) is 3.47. The second-order valence-electron chi connectivity index (χ2n) is 5.34. The van der Waals surface area contributed by atoms with Crippen LogP contribution in [0.4, 0.5) is 11.0 Å². The summed E-state index contributed by atoms with van der Waals surface area (Å²) in [7, 11) is 0. The van der Waals surface area contributed by atoms with Crippen molar-refractivity contribution in [3.05, 3.63) is 74.1 Å². The molecule has 0 atom stereocenters. The minimum Gasteiger partial charge on any atom is -0.400 e. The van der Waals surface area contributed by atoms with Crippen LogP contribution in [0, 0.1) is 10.1 Å². The predicted molar refractivity (Wildman–Crippen MR) is 98.5 cm³/mol. The van der Waals surface area contributed by atoms with Crippen molar-refractivity contribution in [2.75, 3.05) is 5.43 Å². The summed E-state index contributed by atoms with van der Waals surface area (Å²) in [6.45, 7) is 0. The van der Waals surface area contributed by atoms with Crippen molar-refractivity contribution in [3.63, 3.8) is 0 Å². The second kappa shape index (κ2) is 7.28. The number of nitrogens with one attached hydrogen (secondary N) is 2. The Morgan fingerprint density at radius 3 is 2.86 bits per heavy atom. The van der Waals surface area contributed by atoms with Gasteiger partial charge in [-0.25, -0.2) is 9.78 Å². The molecule has 0 amide bonds. The van der Waals surface area contributed by atoms with Gasteiger partial charge in [0.05, 0.1) is 12.3 Å². The van der Waals surface area contributed by atoms with Crippen LogP contribution in [0.2, 0.25) is 0 Å². The molecule has 0 saturated carbocycles. The lowest BCUT2D eigenvalue weighted by molar-refractivity contribution is -0.660. The zero-order chi connectivity index (χ0) is 19.5. The molecule has 0 aliphatic carbocycles. The molecule has 0 unspecified atom stereocenters. The SMILES string of the molecule is O=c1o[nH][n+](-c2ccccc2)c1-c1csc(N/N=C/c2ccc([N+](=O)[O-])o2)n1. The van der Waals surface area contributed by atoms with Crippen molar-refractivity contribution in [3.8, 4) is 17.1 Å². The van der Waals surface area contributed by atoms with E-state index in [1.54, 1.807) is 5.38 Å². The Morgan fingerprint density at radius 2 is 2.11 bits per heavy atom. The monoisotopic (exact) mass is 399 g/mol. The summed E-state index contributed by atoms with van der Waals surface area (Å²) in [6, 6.07) is 11.8. The van der Waals surface area contributed by atoms with Crippen LogP contribution in [0.25, 0.3) is 17.1 Å². The number of furan rings is 1. The maximum atomic E-state index is 12.1. The Kier molecular flexibility index (Phi) is 4.51. The average Bonchev–Trinajstić information content (AvgIpc) is 3.42. The van der Waals surface area contributed by atoms with Crippen molar-refractivity contribution in [2.45, 2.75) is 0 Å². The third-order valence-electron chi connectivity index (χ3n) is 3.55. The number of rotatable bonds is 6. The number of aromatic nitrogens is 3. The van der Waals surface area contributed by atoms with E-state index < -0.39 is 10.5 Å². The molecule has 3 heterocycles. The quantitative estimate of drug-likeness (QED) is 0.219. The first kappa shape index (κ1) is 17.4. The maximum Gasteiger partial charge on any atom is 0.437 e. The zero-order valence-electron chi connectivity index (χ0n) is 13.9. The molecule has 12 heteroatoms. The molecule has 0 spiro atoms. The summed E-state index contributed by atoms with van der Waals surface area (Å²) in [6.07, 6.45) is 1.28. The van der Waals surface area contributed by atoms with Gasteiger partial charge in [0.15, 0.2) is 11.5 Å². The molecule has 0 fully saturated rings. The smallest absolute Gasteiger partial charge is 0.400 e. The third kappa shape index (κ3) is 3.43. The van der Waals surface area contributed by atoms with Crippen molar-refractivity contribution in [1.29, 1.82) is 0 Å². The number of hydrazone groups is 1. The fourth-order valence-electron chi connectivity index (χ4n) is 2.35. The van der Waals surface area contributed by atoms with E-state index in [0.717, 1.165) is 0 Å². The Bertz CT molecular complexity index is 1210. The number of H-pyrrole nitrogens is 1. The fraction of sp³-hybridized carbons (Fsp3) is 0. The van der Waals surface area contributed by atoms with Crippen LogP contribution in [0.3, 0.4) is 0 Å². The van der Waals surface area contributed by atoms with Gasteiger partial charge < -0.3 is 4.42 Å². The lowest BCUT2D eigenvalue weighted by atomic mass is 10.3. The lowest BCUT2D eigenvalue weighted by Crippen LogP contribution is -2.36. The van der Waals surface area contributed by atoms with Crippen LogP contribution in [0.15, 0.2) is 66.7 Å². The Hall–Kier alpha value is -4.06. The predicted octanol–water partition coefficient (Wildman–Crippen LogP) is 2.32. The van der Waals surface area contributed by atoms with E-state index in [-0.39, 0.29) is 17.3 Å². The summed E-state index contributed by atoms with van der Waals surface area (Å²) < 4.78 is 11.4. The van der Waals surface area contributed by atoms with Gasteiger partial charge in [0.25, 0.3) is 0 Å². The van der Waals surface area contributed by atoms with Gasteiger partial charge in [-0.15, -0.1) is 11.3 Å². The van der Waals surface area contributed by atoms with Gasteiger partial charge in [-0.1, -0.05) is 18.2 Å². The van der Waals surface area contributed by atoms with Gasteiger partial charge >= 0.3 is 17.2 Å². The molecule has 2 N–H and O–H groups in total. The van der Waals surface area contributed by atoms with E-state index in [1.165, 1.54) is 34.4 Å². The molecule has 0 saturated heterocycles. The molecule has 28 heavy (non-hydrogen) atoms. The van der Waals surface area contributed by atoms with Gasteiger partial charge in [-0.05, 0) is 16.0 Å². The van der Waals surface area contributed by atoms with Crippen LogP contribution in [0.5, 0.6) is 0 Å². The first-order valence-electron chi connectivity index (χ1n) is 7.80. The van der Waals surface area contributed by atoms with E-state index in [2.05, 4.69) is 20.8 Å². The molecule has 0 aliphatic heterocycles. The normalized spacial score (nSPS) is 11.1. The molecule has 0 bridgehead atoms. The van der Waals surface area contributed by atoms with Gasteiger partial charge in [0.1, 0.15) is 4.92 Å². The van der Waals surface area contributed by atoms with Crippen LogP contribution in [-0.2, 0) is 0 Å². The molecule has 4 rings (SSSR count). The Labute approximate surface area is 159 Å². The van der Waals surface area contributed by atoms with E-state index in [9.17, 15) is 14.9 Å². The van der Waals surface area contributed by atoms with E-state index >= 15 is 0 Å². The summed E-state index contributed by atoms with van der Waals surface area (Å²) in [4.78, 5) is 26.4. The molecule has 0 radical (unpaired) electrons. The first-order valence-corrected chi connectivity index (χ1v) is 8.68. The number of anilines is 1. The molecule has 3 aromatic heterocycles. The molecule has 11 nitrogen and oxygen atoms in total. The van der Waals surface area contributed by atoms with Crippen molar-refractivity contribution < 1.29 is 18.5 Å². The number of nitrogens with zero attached hydrogens (tertiary/aromatic N) is 4. The van der Waals surface area contributed by atoms with Gasteiger partial charge in [-0.3, -0.25) is 20.1 Å². The van der Waals surface area contributed by atoms with E-state index in [0.29, 0.717) is 16.5 Å². The van der Waals surface area contributed by atoms with Crippen LogP contribution in [-0.4, -0.2) is 21.4 Å². The number of hydrogen-bond acceptors (Lipinski definition) is 9. The lowest BCUT2D eigenvalue weighted by Gasteiger charge is -1.92. The van der Waals surface area contributed by atoms with E-state index in [1.807, 2.05) is 30.3 Å². The molecular weight excluding hydrogens is 388 g/mol. The van der Waals surface area contributed by atoms with Crippen LogP contribution in [0.1, 0.15) is 5.76 Å². The highest BCUT2D eigenvalue weighted by Gasteiger charge is 2.27. The van der Waals surface area contributed by atoms with E-state index in [4.69, 9.17) is 8.94 Å². The van der Waals surface area contributed by atoms with Gasteiger partial charge in [0, 0.05) is 17.5 Å². The Morgan fingerprint density at radius 1 is 1.29 bits per heavy atom.